The Hall–Kier alpha value is -1.40. The predicted molar refractivity (Wildman–Crippen MR) is 87.0 cm³/mol. The van der Waals surface area contributed by atoms with Gasteiger partial charge < -0.3 is 16.4 Å². The van der Waals surface area contributed by atoms with Crippen LogP contribution in [0.1, 0.15) is 37.0 Å². The van der Waals surface area contributed by atoms with Gasteiger partial charge >= 0.3 is 0 Å². The van der Waals surface area contributed by atoms with Crippen molar-refractivity contribution in [2.75, 3.05) is 13.1 Å². The van der Waals surface area contributed by atoms with Gasteiger partial charge in [0.25, 0.3) is 5.91 Å². The second-order valence-corrected chi connectivity index (χ2v) is 6.11. The molecule has 0 fully saturated rings. The van der Waals surface area contributed by atoms with Crippen LogP contribution in [0.25, 0.3) is 0 Å². The minimum absolute atomic E-state index is 0.172. The molecule has 6 heteroatoms. The van der Waals surface area contributed by atoms with Crippen molar-refractivity contribution in [2.45, 2.75) is 32.2 Å². The number of carbonyl (C=O) groups is 2. The summed E-state index contributed by atoms with van der Waals surface area (Å²) in [6.45, 7) is 4.41. The van der Waals surface area contributed by atoms with Gasteiger partial charge in [-0.05, 0) is 31.5 Å². The summed E-state index contributed by atoms with van der Waals surface area (Å²) in [6, 6.07) is 7.13. The highest BCUT2D eigenvalue weighted by atomic mass is 79.9. The minimum Gasteiger partial charge on any atom is -0.353 e. The van der Waals surface area contributed by atoms with Gasteiger partial charge in [0.05, 0.1) is 5.54 Å². The first-order chi connectivity index (χ1) is 9.86. The van der Waals surface area contributed by atoms with E-state index >= 15 is 0 Å². The first-order valence-electron chi connectivity index (χ1n) is 6.98. The molecule has 0 aliphatic rings. The van der Waals surface area contributed by atoms with Crippen LogP contribution in [0.15, 0.2) is 28.7 Å². The van der Waals surface area contributed by atoms with Gasteiger partial charge in [-0.15, -0.1) is 0 Å². The Bertz CT molecular complexity index is 503. The van der Waals surface area contributed by atoms with Gasteiger partial charge in [-0.2, -0.15) is 0 Å². The molecule has 1 aromatic rings. The smallest absolute Gasteiger partial charge is 0.251 e. The zero-order valence-corrected chi connectivity index (χ0v) is 14.0. The normalized spacial score (nSPS) is 13.3. The summed E-state index contributed by atoms with van der Waals surface area (Å²) in [7, 11) is 0. The minimum atomic E-state index is -0.858. The molecule has 1 aromatic carbocycles. The zero-order valence-electron chi connectivity index (χ0n) is 12.4. The van der Waals surface area contributed by atoms with Crippen molar-refractivity contribution >= 4 is 27.7 Å². The monoisotopic (exact) mass is 355 g/mol. The van der Waals surface area contributed by atoms with Crippen LogP contribution in [0, 0.1) is 0 Å². The van der Waals surface area contributed by atoms with Gasteiger partial charge in [0.15, 0.2) is 0 Å². The number of rotatable bonds is 7. The van der Waals surface area contributed by atoms with Gasteiger partial charge in [0.1, 0.15) is 0 Å². The van der Waals surface area contributed by atoms with Gasteiger partial charge in [-0.1, -0.05) is 35.3 Å². The molecular weight excluding hydrogens is 334 g/mol. The Kier molecular flexibility index (Phi) is 6.84. The quantitative estimate of drug-likeness (QED) is 0.652. The Morgan fingerprint density at radius 2 is 1.95 bits per heavy atom. The molecule has 0 heterocycles. The largest absolute Gasteiger partial charge is 0.353 e. The number of nitrogens with two attached hydrogens (primary N) is 1. The topological polar surface area (TPSA) is 84.2 Å². The summed E-state index contributed by atoms with van der Waals surface area (Å²) in [4.78, 5) is 23.7. The maximum absolute atomic E-state index is 11.9. The van der Waals surface area contributed by atoms with Crippen molar-refractivity contribution in [1.29, 1.82) is 0 Å². The van der Waals surface area contributed by atoms with Gasteiger partial charge in [0.2, 0.25) is 5.91 Å². The molecule has 1 atom stereocenters. The number of halogens is 1. The molecule has 0 spiro atoms. The van der Waals surface area contributed by atoms with Gasteiger partial charge in [-0.25, -0.2) is 0 Å². The van der Waals surface area contributed by atoms with Crippen LogP contribution in [0.2, 0.25) is 0 Å². The van der Waals surface area contributed by atoms with E-state index in [9.17, 15) is 9.59 Å². The molecule has 0 aliphatic carbocycles. The molecule has 116 valence electrons. The molecule has 21 heavy (non-hydrogen) atoms. The average Bonchev–Trinajstić information content (AvgIpc) is 2.43. The van der Waals surface area contributed by atoms with Crippen molar-refractivity contribution in [3.8, 4) is 0 Å². The number of nitrogens with one attached hydrogen (secondary N) is 2. The lowest BCUT2D eigenvalue weighted by molar-refractivity contribution is -0.126. The lowest BCUT2D eigenvalue weighted by Gasteiger charge is -2.22. The third-order valence-electron chi connectivity index (χ3n) is 3.07. The number of hydrogen-bond donors (Lipinski definition) is 3. The molecule has 5 nitrogen and oxygen atoms in total. The van der Waals surface area contributed by atoms with Crippen LogP contribution in [-0.2, 0) is 4.79 Å². The third-order valence-corrected chi connectivity index (χ3v) is 3.56. The van der Waals surface area contributed by atoms with Crippen LogP contribution in [0.3, 0.4) is 0 Å². The summed E-state index contributed by atoms with van der Waals surface area (Å²) >= 11 is 3.32. The van der Waals surface area contributed by atoms with Crippen molar-refractivity contribution in [3.05, 3.63) is 34.3 Å². The van der Waals surface area contributed by atoms with Crippen molar-refractivity contribution < 1.29 is 9.59 Å². The molecule has 0 aliphatic heterocycles. The summed E-state index contributed by atoms with van der Waals surface area (Å²) in [5.41, 5.74) is 5.63. The molecule has 0 bridgehead atoms. The van der Waals surface area contributed by atoms with E-state index in [2.05, 4.69) is 26.6 Å². The first kappa shape index (κ1) is 17.7. The number of hydrogen-bond acceptors (Lipinski definition) is 3. The predicted octanol–water partition coefficient (Wildman–Crippen LogP) is 1.81. The fourth-order valence-corrected chi connectivity index (χ4v) is 2.32. The number of amides is 2. The van der Waals surface area contributed by atoms with E-state index in [1.807, 2.05) is 13.0 Å². The second kappa shape index (κ2) is 8.14. The summed E-state index contributed by atoms with van der Waals surface area (Å²) in [6.07, 6.45) is 1.48. The van der Waals surface area contributed by atoms with E-state index in [1.54, 1.807) is 25.1 Å². The summed E-state index contributed by atoms with van der Waals surface area (Å²) < 4.78 is 0.849. The zero-order chi connectivity index (χ0) is 15.9. The Balaban J connectivity index is 2.34. The van der Waals surface area contributed by atoms with Crippen LogP contribution in [0.5, 0.6) is 0 Å². The number of carbonyl (C=O) groups excluding carboxylic acids is 2. The molecule has 2 amide bonds. The lowest BCUT2D eigenvalue weighted by Crippen LogP contribution is -2.52. The fraction of sp³-hybridized carbons (Fsp3) is 0.467. The SMILES string of the molecule is CCCC(C)(N)C(=O)NCCNC(=O)c1cccc(Br)c1. The Labute approximate surface area is 133 Å². The van der Waals surface area contributed by atoms with E-state index in [0.29, 0.717) is 25.1 Å². The molecule has 1 rings (SSSR count). The maximum Gasteiger partial charge on any atom is 0.251 e. The second-order valence-electron chi connectivity index (χ2n) is 5.19. The maximum atomic E-state index is 11.9. The van der Waals surface area contributed by atoms with E-state index in [4.69, 9.17) is 5.73 Å². The molecule has 1 unspecified atom stereocenters. The number of benzene rings is 1. The fourth-order valence-electron chi connectivity index (χ4n) is 1.92. The summed E-state index contributed by atoms with van der Waals surface area (Å²) in [5, 5.41) is 5.49. The Morgan fingerprint density at radius 1 is 1.29 bits per heavy atom. The third kappa shape index (κ3) is 5.85. The molecule has 0 saturated heterocycles. The molecule has 0 saturated carbocycles. The molecule has 4 N–H and O–H groups in total. The molecule has 0 radical (unpaired) electrons. The highest BCUT2D eigenvalue weighted by Gasteiger charge is 2.26. The van der Waals surface area contributed by atoms with Crippen LogP contribution in [-0.4, -0.2) is 30.4 Å². The molecular formula is C15H22BrN3O2. The van der Waals surface area contributed by atoms with E-state index in [1.165, 1.54) is 0 Å². The Morgan fingerprint density at radius 3 is 2.57 bits per heavy atom. The van der Waals surface area contributed by atoms with E-state index in [-0.39, 0.29) is 11.8 Å². The van der Waals surface area contributed by atoms with Gasteiger partial charge in [0, 0.05) is 23.1 Å². The van der Waals surface area contributed by atoms with Crippen LogP contribution >= 0.6 is 15.9 Å². The summed E-state index contributed by atoms with van der Waals surface area (Å²) in [5.74, 6) is -0.365. The molecule has 0 aromatic heterocycles. The first-order valence-corrected chi connectivity index (χ1v) is 7.77. The van der Waals surface area contributed by atoms with Gasteiger partial charge in [-0.3, -0.25) is 9.59 Å². The highest BCUT2D eigenvalue weighted by molar-refractivity contribution is 9.10. The van der Waals surface area contributed by atoms with Crippen molar-refractivity contribution in [2.24, 2.45) is 5.73 Å². The van der Waals surface area contributed by atoms with E-state index < -0.39 is 5.54 Å². The van der Waals surface area contributed by atoms with Crippen LogP contribution in [0.4, 0.5) is 0 Å². The van der Waals surface area contributed by atoms with Crippen molar-refractivity contribution in [1.82, 2.24) is 10.6 Å². The highest BCUT2D eigenvalue weighted by Crippen LogP contribution is 2.11. The van der Waals surface area contributed by atoms with Crippen LogP contribution < -0.4 is 16.4 Å². The van der Waals surface area contributed by atoms with E-state index in [0.717, 1.165) is 10.9 Å². The van der Waals surface area contributed by atoms with Crippen molar-refractivity contribution in [3.63, 3.8) is 0 Å². The average molecular weight is 356 g/mol. The lowest BCUT2D eigenvalue weighted by atomic mass is 9.97. The standard InChI is InChI=1S/C15H22BrN3O2/c1-3-7-15(2,17)14(21)19-9-8-18-13(20)11-5-4-6-12(16)10-11/h4-6,10H,3,7-9,17H2,1-2H3,(H,18,20)(H,19,21).